The largest absolute Gasteiger partial charge is 0.466 e. The molecule has 0 spiro atoms. The van der Waals surface area contributed by atoms with Crippen LogP contribution in [0.25, 0.3) is 0 Å². The van der Waals surface area contributed by atoms with Crippen molar-refractivity contribution >= 4 is 11.9 Å². The first kappa shape index (κ1) is 73.1. The molecule has 0 aromatic carbocycles. The van der Waals surface area contributed by atoms with Crippen LogP contribution in [0.15, 0.2) is 36.5 Å². The summed E-state index contributed by atoms with van der Waals surface area (Å²) in [6.07, 6.45) is 82.0. The van der Waals surface area contributed by atoms with Gasteiger partial charge >= 0.3 is 5.97 Å². The van der Waals surface area contributed by atoms with Gasteiger partial charge in [0, 0.05) is 12.8 Å². The summed E-state index contributed by atoms with van der Waals surface area (Å²) in [7, 11) is 0. The van der Waals surface area contributed by atoms with E-state index in [0.29, 0.717) is 25.9 Å². The van der Waals surface area contributed by atoms with E-state index in [0.717, 1.165) is 51.4 Å². The third-order valence-corrected chi connectivity index (χ3v) is 15.7. The number of nitrogens with one attached hydrogen (secondary N) is 1. The number of rotatable bonds is 63. The number of carbonyl (C=O) groups is 2. The number of aliphatic hydroxyl groups is 2. The lowest BCUT2D eigenvalue weighted by atomic mass is 10.0. The molecule has 0 rings (SSSR count). The Balaban J connectivity index is 3.33. The molecule has 0 heterocycles. The quantitative estimate of drug-likeness (QED) is 0.0320. The highest BCUT2D eigenvalue weighted by Gasteiger charge is 2.20. The first-order valence-electron chi connectivity index (χ1n) is 33.7. The van der Waals surface area contributed by atoms with Crippen LogP contribution in [-0.4, -0.2) is 47.4 Å². The molecule has 0 aliphatic rings. The van der Waals surface area contributed by atoms with Crippen molar-refractivity contribution in [2.24, 2.45) is 0 Å². The highest BCUT2D eigenvalue weighted by Crippen LogP contribution is 2.18. The number of carbonyl (C=O) groups excluding carboxylic acids is 2. The molecule has 2 atom stereocenters. The summed E-state index contributed by atoms with van der Waals surface area (Å²) in [4.78, 5) is 24.5. The summed E-state index contributed by atoms with van der Waals surface area (Å²) < 4.78 is 5.50. The van der Waals surface area contributed by atoms with Gasteiger partial charge in [-0.15, -0.1) is 0 Å². The molecule has 0 radical (unpaired) electrons. The Morgan fingerprint density at radius 3 is 1.05 bits per heavy atom. The number of esters is 1. The van der Waals surface area contributed by atoms with Gasteiger partial charge in [-0.1, -0.05) is 307 Å². The molecule has 2 unspecified atom stereocenters. The van der Waals surface area contributed by atoms with Crippen LogP contribution in [0.2, 0.25) is 0 Å². The second-order valence-corrected chi connectivity index (χ2v) is 23.1. The number of unbranched alkanes of at least 4 members (excludes halogenated alkanes) is 46. The molecular formula is C69H131NO5. The lowest BCUT2D eigenvalue weighted by Gasteiger charge is -2.22. The van der Waals surface area contributed by atoms with Crippen LogP contribution >= 0.6 is 0 Å². The Morgan fingerprint density at radius 1 is 0.373 bits per heavy atom. The van der Waals surface area contributed by atoms with Crippen LogP contribution in [-0.2, 0) is 14.3 Å². The van der Waals surface area contributed by atoms with Crippen LogP contribution < -0.4 is 5.32 Å². The molecule has 0 saturated heterocycles. The smallest absolute Gasteiger partial charge is 0.305 e. The van der Waals surface area contributed by atoms with E-state index in [1.165, 1.54) is 283 Å². The normalized spacial score (nSPS) is 12.7. The summed E-state index contributed by atoms with van der Waals surface area (Å²) in [5.41, 5.74) is 0. The first-order chi connectivity index (χ1) is 37.0. The van der Waals surface area contributed by atoms with Crippen molar-refractivity contribution in [3.63, 3.8) is 0 Å². The standard InChI is InChI=1S/C69H131NO5/c1-3-5-7-9-11-13-14-15-16-17-30-34-37-40-43-47-51-55-59-63-69(74)75-64-60-56-52-48-44-41-38-35-32-29-27-25-23-21-19-18-20-22-24-26-28-31-33-36-39-42-46-50-54-58-62-68(73)70-66(65-71)67(72)61-57-53-49-45-12-10-8-6-4-2/h11,13,15-16,19,21,66-67,71-72H,3-10,12,14,17-18,20,22-65H2,1-2H3,(H,70,73)/b13-11-,16-15-,21-19-. The summed E-state index contributed by atoms with van der Waals surface area (Å²) in [5.74, 6) is -0.0214. The predicted molar refractivity (Wildman–Crippen MR) is 329 cm³/mol. The zero-order valence-electron chi connectivity index (χ0n) is 50.5. The van der Waals surface area contributed by atoms with E-state index in [4.69, 9.17) is 4.74 Å². The molecule has 6 heteroatoms. The lowest BCUT2D eigenvalue weighted by molar-refractivity contribution is -0.143. The van der Waals surface area contributed by atoms with Gasteiger partial charge in [0.05, 0.1) is 25.4 Å². The number of aliphatic hydroxyl groups excluding tert-OH is 2. The highest BCUT2D eigenvalue weighted by atomic mass is 16.5. The van der Waals surface area contributed by atoms with Gasteiger partial charge in [-0.05, 0) is 83.5 Å². The van der Waals surface area contributed by atoms with Crippen LogP contribution in [0, 0.1) is 0 Å². The van der Waals surface area contributed by atoms with Gasteiger partial charge in [0.2, 0.25) is 5.91 Å². The van der Waals surface area contributed by atoms with Crippen LogP contribution in [0.4, 0.5) is 0 Å². The number of allylic oxidation sites excluding steroid dienone is 6. The van der Waals surface area contributed by atoms with Crippen molar-refractivity contribution in [3.8, 4) is 0 Å². The zero-order valence-corrected chi connectivity index (χ0v) is 50.5. The molecule has 0 bridgehead atoms. The average Bonchev–Trinajstić information content (AvgIpc) is 3.41. The van der Waals surface area contributed by atoms with E-state index >= 15 is 0 Å². The van der Waals surface area contributed by atoms with Crippen molar-refractivity contribution in [1.29, 1.82) is 0 Å². The monoisotopic (exact) mass is 1050 g/mol. The molecule has 0 aromatic rings. The maximum atomic E-state index is 12.4. The third kappa shape index (κ3) is 61.2. The molecule has 6 nitrogen and oxygen atoms in total. The minimum absolute atomic E-state index is 0.0135. The minimum Gasteiger partial charge on any atom is -0.466 e. The second-order valence-electron chi connectivity index (χ2n) is 23.1. The lowest BCUT2D eigenvalue weighted by Crippen LogP contribution is -2.45. The van der Waals surface area contributed by atoms with Crippen molar-refractivity contribution in [2.75, 3.05) is 13.2 Å². The van der Waals surface area contributed by atoms with E-state index in [-0.39, 0.29) is 18.5 Å². The van der Waals surface area contributed by atoms with Gasteiger partial charge in [-0.3, -0.25) is 9.59 Å². The van der Waals surface area contributed by atoms with Gasteiger partial charge in [-0.2, -0.15) is 0 Å². The molecule has 1 amide bonds. The summed E-state index contributed by atoms with van der Waals surface area (Å²) in [6.45, 7) is 4.93. The second kappa shape index (κ2) is 64.6. The zero-order chi connectivity index (χ0) is 54.3. The van der Waals surface area contributed by atoms with Crippen molar-refractivity contribution in [1.82, 2.24) is 5.32 Å². The summed E-state index contributed by atoms with van der Waals surface area (Å²) >= 11 is 0. The average molecular weight is 1050 g/mol. The molecule has 442 valence electrons. The highest BCUT2D eigenvalue weighted by molar-refractivity contribution is 5.76. The van der Waals surface area contributed by atoms with E-state index < -0.39 is 12.1 Å². The van der Waals surface area contributed by atoms with Gasteiger partial charge in [0.1, 0.15) is 0 Å². The fourth-order valence-corrected chi connectivity index (χ4v) is 10.5. The van der Waals surface area contributed by atoms with E-state index in [1.54, 1.807) is 0 Å². The summed E-state index contributed by atoms with van der Waals surface area (Å²) in [5, 5.41) is 23.1. The van der Waals surface area contributed by atoms with Gasteiger partial charge < -0.3 is 20.3 Å². The summed E-state index contributed by atoms with van der Waals surface area (Å²) in [6, 6.07) is -0.538. The number of ether oxygens (including phenoxy) is 1. The molecular weight excluding hydrogens is 923 g/mol. The molecule has 0 aromatic heterocycles. The van der Waals surface area contributed by atoms with Crippen molar-refractivity contribution < 1.29 is 24.5 Å². The fraction of sp³-hybridized carbons (Fsp3) is 0.884. The topological polar surface area (TPSA) is 95.9 Å². The van der Waals surface area contributed by atoms with E-state index in [2.05, 4.69) is 55.6 Å². The Labute approximate surface area is 468 Å². The van der Waals surface area contributed by atoms with Gasteiger partial charge in [0.25, 0.3) is 0 Å². The SMILES string of the molecule is CCCCC/C=C\C/C=C\CCCCCCCCCCCC(=O)OCCCCCCCCCCCCCC/C=C\CCCCCCCCCCCCCCCCC(=O)NC(CO)C(O)CCCCCCCCCCC. The maximum absolute atomic E-state index is 12.4. The van der Waals surface area contributed by atoms with Crippen LogP contribution in [0.5, 0.6) is 0 Å². The van der Waals surface area contributed by atoms with Crippen LogP contribution in [0.1, 0.15) is 367 Å². The first-order valence-corrected chi connectivity index (χ1v) is 33.7. The Kier molecular flexibility index (Phi) is 63.0. The maximum Gasteiger partial charge on any atom is 0.305 e. The fourth-order valence-electron chi connectivity index (χ4n) is 10.5. The number of amides is 1. The van der Waals surface area contributed by atoms with Crippen molar-refractivity contribution in [2.45, 2.75) is 379 Å². The third-order valence-electron chi connectivity index (χ3n) is 15.7. The Hall–Kier alpha value is -1.92. The number of hydrogen-bond donors (Lipinski definition) is 3. The van der Waals surface area contributed by atoms with Crippen molar-refractivity contribution in [3.05, 3.63) is 36.5 Å². The molecule has 75 heavy (non-hydrogen) atoms. The van der Waals surface area contributed by atoms with E-state index in [9.17, 15) is 19.8 Å². The molecule has 0 aliphatic heterocycles. The number of hydrogen-bond acceptors (Lipinski definition) is 5. The minimum atomic E-state index is -0.661. The van der Waals surface area contributed by atoms with Crippen LogP contribution in [0.3, 0.4) is 0 Å². The molecule has 3 N–H and O–H groups in total. The Bertz CT molecular complexity index is 1210. The molecule has 0 aliphatic carbocycles. The molecule has 0 fully saturated rings. The molecule has 0 saturated carbocycles. The Morgan fingerprint density at radius 2 is 0.667 bits per heavy atom. The van der Waals surface area contributed by atoms with E-state index in [1.807, 2.05) is 0 Å². The predicted octanol–water partition coefficient (Wildman–Crippen LogP) is 21.5. The van der Waals surface area contributed by atoms with Gasteiger partial charge in [-0.25, -0.2) is 0 Å². The van der Waals surface area contributed by atoms with Gasteiger partial charge in [0.15, 0.2) is 0 Å².